The molecule has 0 amide bonds. The molecule has 0 fully saturated rings. The van der Waals surface area contributed by atoms with Crippen molar-refractivity contribution < 1.29 is 0 Å². The quantitative estimate of drug-likeness (QED) is 0.539. The topological polar surface area (TPSA) is 25.8 Å². The van der Waals surface area contributed by atoms with Gasteiger partial charge in [-0.05, 0) is 24.3 Å². The molecule has 0 aliphatic heterocycles. The summed E-state index contributed by atoms with van der Waals surface area (Å²) in [5, 5.41) is 1.14. The summed E-state index contributed by atoms with van der Waals surface area (Å²) in [7, 11) is 0. The maximum absolute atomic E-state index is 4.33. The summed E-state index contributed by atoms with van der Waals surface area (Å²) in [5.74, 6) is 0. The first-order chi connectivity index (χ1) is 6.45. The van der Waals surface area contributed by atoms with Gasteiger partial charge >= 0.3 is 0 Å². The summed E-state index contributed by atoms with van der Waals surface area (Å²) in [6.07, 6.45) is 1.81. The van der Waals surface area contributed by atoms with E-state index in [0.717, 1.165) is 16.4 Å². The second-order valence-corrected chi connectivity index (χ2v) is 3.72. The molecule has 3 rings (SSSR count). The smallest absolute Gasteiger partial charge is 0.0905 e. The maximum Gasteiger partial charge on any atom is 0.0905 e. The first-order valence-electron chi connectivity index (χ1n) is 4.02. The predicted octanol–water partition coefficient (Wildman–Crippen LogP) is 2.84. The van der Waals surface area contributed by atoms with Gasteiger partial charge in [0.1, 0.15) is 0 Å². The maximum atomic E-state index is 4.33. The zero-order chi connectivity index (χ0) is 8.67. The Kier molecular flexibility index (Phi) is 1.34. The lowest BCUT2D eigenvalue weighted by Crippen LogP contribution is -1.77. The zero-order valence-electron chi connectivity index (χ0n) is 6.77. The van der Waals surface area contributed by atoms with Crippen molar-refractivity contribution in [3.8, 4) is 0 Å². The molecule has 0 aliphatic rings. The van der Waals surface area contributed by atoms with E-state index in [0.29, 0.717) is 0 Å². The molecule has 0 bridgehead atoms. The van der Waals surface area contributed by atoms with Crippen LogP contribution in [0.5, 0.6) is 0 Å². The lowest BCUT2D eigenvalue weighted by atomic mass is 10.2. The average Bonchev–Trinajstić information content (AvgIpc) is 2.65. The Balaban J connectivity index is 2.65. The largest absolute Gasteiger partial charge is 0.256 e. The van der Waals surface area contributed by atoms with Crippen molar-refractivity contribution in [2.45, 2.75) is 0 Å². The molecule has 3 aromatic rings. The summed E-state index contributed by atoms with van der Waals surface area (Å²) < 4.78 is 1.22. The molecule has 2 aromatic heterocycles. The van der Waals surface area contributed by atoms with Gasteiger partial charge in [-0.1, -0.05) is 0 Å². The lowest BCUT2D eigenvalue weighted by Gasteiger charge is -1.95. The van der Waals surface area contributed by atoms with Crippen LogP contribution < -0.4 is 0 Å². The Labute approximate surface area is 78.9 Å². The molecule has 3 heteroatoms. The van der Waals surface area contributed by atoms with Crippen LogP contribution in [0.1, 0.15) is 0 Å². The van der Waals surface area contributed by atoms with E-state index >= 15 is 0 Å². The summed E-state index contributed by atoms with van der Waals surface area (Å²) in [6, 6.07) is 8.11. The first-order valence-corrected chi connectivity index (χ1v) is 4.90. The molecule has 0 saturated carbocycles. The molecule has 1 aromatic carbocycles. The van der Waals surface area contributed by atoms with Crippen molar-refractivity contribution in [3.05, 3.63) is 36.0 Å². The fourth-order valence-electron chi connectivity index (χ4n) is 1.48. The minimum Gasteiger partial charge on any atom is -0.256 e. The number of fused-ring (bicyclic) bond motifs is 3. The van der Waals surface area contributed by atoms with Gasteiger partial charge in [-0.2, -0.15) is 0 Å². The molecule has 13 heavy (non-hydrogen) atoms. The van der Waals surface area contributed by atoms with Crippen LogP contribution in [0.2, 0.25) is 0 Å². The predicted molar refractivity (Wildman–Crippen MR) is 54.9 cm³/mol. The van der Waals surface area contributed by atoms with E-state index in [2.05, 4.69) is 22.1 Å². The Bertz CT molecular complexity index is 571. The monoisotopic (exact) mass is 186 g/mol. The van der Waals surface area contributed by atoms with E-state index in [-0.39, 0.29) is 0 Å². The number of thiazole rings is 1. The molecule has 0 radical (unpaired) electrons. The number of nitrogens with zero attached hydrogens (tertiary/aromatic N) is 2. The van der Waals surface area contributed by atoms with Crippen LogP contribution in [-0.2, 0) is 0 Å². The number of benzene rings is 1. The number of hydrogen-bond acceptors (Lipinski definition) is 3. The van der Waals surface area contributed by atoms with Crippen molar-refractivity contribution in [1.29, 1.82) is 0 Å². The fourth-order valence-corrected chi connectivity index (χ4v) is 2.17. The minimum atomic E-state index is 1.01. The van der Waals surface area contributed by atoms with Crippen LogP contribution in [0, 0.1) is 0 Å². The van der Waals surface area contributed by atoms with Gasteiger partial charge < -0.3 is 0 Å². The van der Waals surface area contributed by atoms with Crippen LogP contribution in [0.15, 0.2) is 36.0 Å². The van der Waals surface area contributed by atoms with Crippen molar-refractivity contribution in [2.75, 3.05) is 0 Å². The molecule has 62 valence electrons. The van der Waals surface area contributed by atoms with Gasteiger partial charge in [0.15, 0.2) is 0 Å². The fraction of sp³-hybridized carbons (Fsp3) is 0. The van der Waals surface area contributed by atoms with Gasteiger partial charge in [-0.3, -0.25) is 4.98 Å². The third-order valence-corrected chi connectivity index (χ3v) is 2.88. The highest BCUT2D eigenvalue weighted by molar-refractivity contribution is 7.16. The average molecular weight is 186 g/mol. The third kappa shape index (κ3) is 0.939. The van der Waals surface area contributed by atoms with Crippen molar-refractivity contribution in [3.63, 3.8) is 0 Å². The first kappa shape index (κ1) is 6.97. The summed E-state index contributed by atoms with van der Waals surface area (Å²) in [6.45, 7) is 0. The van der Waals surface area contributed by atoms with Crippen LogP contribution in [0.25, 0.3) is 21.1 Å². The Morgan fingerprint density at radius 3 is 3.08 bits per heavy atom. The highest BCUT2D eigenvalue weighted by atomic mass is 32.1. The Hall–Kier alpha value is -1.48. The molecule has 2 heterocycles. The molecule has 0 unspecified atom stereocenters. The molecular formula is C10H6N2S. The Morgan fingerprint density at radius 1 is 1.08 bits per heavy atom. The van der Waals surface area contributed by atoms with Crippen LogP contribution in [0.3, 0.4) is 0 Å². The van der Waals surface area contributed by atoms with E-state index in [1.165, 1.54) is 4.70 Å². The van der Waals surface area contributed by atoms with E-state index in [1.54, 1.807) is 17.5 Å². The molecule has 0 N–H and O–H groups in total. The van der Waals surface area contributed by atoms with E-state index in [1.807, 2.05) is 17.6 Å². The van der Waals surface area contributed by atoms with E-state index in [4.69, 9.17) is 0 Å². The molecule has 0 saturated heterocycles. The number of aromatic nitrogens is 2. The van der Waals surface area contributed by atoms with E-state index in [9.17, 15) is 0 Å². The van der Waals surface area contributed by atoms with Gasteiger partial charge in [0.2, 0.25) is 0 Å². The SMILES string of the molecule is c1cnc2ccc3scnc3c2c1. The van der Waals surface area contributed by atoms with Crippen molar-refractivity contribution in [1.82, 2.24) is 9.97 Å². The second-order valence-electron chi connectivity index (χ2n) is 2.83. The Morgan fingerprint density at radius 2 is 2.08 bits per heavy atom. The highest BCUT2D eigenvalue weighted by Gasteiger charge is 2.01. The van der Waals surface area contributed by atoms with Gasteiger partial charge in [-0.15, -0.1) is 11.3 Å². The van der Waals surface area contributed by atoms with Crippen LogP contribution in [0.4, 0.5) is 0 Å². The molecule has 0 spiro atoms. The van der Waals surface area contributed by atoms with Gasteiger partial charge in [0, 0.05) is 11.6 Å². The summed E-state index contributed by atoms with van der Waals surface area (Å²) in [4.78, 5) is 8.60. The summed E-state index contributed by atoms with van der Waals surface area (Å²) >= 11 is 1.66. The zero-order valence-corrected chi connectivity index (χ0v) is 7.58. The highest BCUT2D eigenvalue weighted by Crippen LogP contribution is 2.24. The van der Waals surface area contributed by atoms with Gasteiger partial charge in [0.05, 0.1) is 21.2 Å². The third-order valence-electron chi connectivity index (χ3n) is 2.08. The summed E-state index contributed by atoms with van der Waals surface area (Å²) in [5.41, 5.74) is 3.95. The minimum absolute atomic E-state index is 1.01. The van der Waals surface area contributed by atoms with Crippen molar-refractivity contribution in [2.24, 2.45) is 0 Å². The number of pyridine rings is 1. The molecule has 2 nitrogen and oxygen atoms in total. The standard InChI is InChI=1S/C10H6N2S/c1-2-7-8(11-5-1)3-4-9-10(7)12-6-13-9/h1-6H. The second kappa shape index (κ2) is 2.50. The molecular weight excluding hydrogens is 180 g/mol. The van der Waals surface area contributed by atoms with Gasteiger partial charge in [-0.25, -0.2) is 4.98 Å². The lowest BCUT2D eigenvalue weighted by molar-refractivity contribution is 1.41. The number of rotatable bonds is 0. The van der Waals surface area contributed by atoms with Crippen molar-refractivity contribution >= 4 is 32.5 Å². The van der Waals surface area contributed by atoms with Crippen LogP contribution in [-0.4, -0.2) is 9.97 Å². The van der Waals surface area contributed by atoms with E-state index < -0.39 is 0 Å². The normalized spacial score (nSPS) is 11.1. The molecule has 0 aliphatic carbocycles. The molecule has 0 atom stereocenters. The van der Waals surface area contributed by atoms with Crippen LogP contribution >= 0.6 is 11.3 Å². The van der Waals surface area contributed by atoms with Gasteiger partial charge in [0.25, 0.3) is 0 Å². The number of hydrogen-bond donors (Lipinski definition) is 0.